The fourth-order valence-electron chi connectivity index (χ4n) is 3.48. The van der Waals surface area contributed by atoms with E-state index in [4.69, 9.17) is 0 Å². The first-order valence-corrected chi connectivity index (χ1v) is 10.7. The van der Waals surface area contributed by atoms with Crippen LogP contribution in [0.1, 0.15) is 18.8 Å². The summed E-state index contributed by atoms with van der Waals surface area (Å²) in [4.78, 5) is 35.4. The van der Waals surface area contributed by atoms with E-state index in [-0.39, 0.29) is 0 Å². The third kappa shape index (κ3) is 4.83. The number of fused-ring (bicyclic) bond motifs is 2. The average molecular weight is 525 g/mol. The number of halogens is 4. The minimum atomic E-state index is -4.51. The molecule has 13 heteroatoms. The Morgan fingerprint density at radius 2 is 2.03 bits per heavy atom. The normalized spacial score (nSPS) is 13.2. The highest BCUT2D eigenvalue weighted by atomic mass is 79.9. The van der Waals surface area contributed by atoms with Crippen molar-refractivity contribution in [2.24, 2.45) is 0 Å². The lowest BCUT2D eigenvalue weighted by Crippen LogP contribution is -2.38. The van der Waals surface area contributed by atoms with Crippen molar-refractivity contribution in [3.05, 3.63) is 35.0 Å². The van der Waals surface area contributed by atoms with Crippen LogP contribution in [-0.2, 0) is 11.3 Å². The molecule has 4 rings (SSSR count). The number of nitrogens with one attached hydrogen (secondary N) is 2. The standard InChI is InChI=1S/C20H20BrF3N8O/c1-10(19(33)28-9-20(22,23)24)32-15(8-31(2)3)29-14-7-27-17(30-18(14)32)13-6-26-16-12(13)4-11(21)5-25-16/h4-7,10H,8-9H2,1-3H3,(H,25,26)(H,28,33). The van der Waals surface area contributed by atoms with Crippen molar-refractivity contribution in [3.63, 3.8) is 0 Å². The molecule has 4 heterocycles. The van der Waals surface area contributed by atoms with Crippen LogP contribution in [0.4, 0.5) is 13.2 Å². The number of hydrogen-bond acceptors (Lipinski definition) is 6. The highest BCUT2D eigenvalue weighted by Gasteiger charge is 2.30. The van der Waals surface area contributed by atoms with E-state index < -0.39 is 24.7 Å². The molecule has 4 aromatic heterocycles. The first-order chi connectivity index (χ1) is 15.5. The van der Waals surface area contributed by atoms with Crippen LogP contribution in [0.15, 0.2) is 29.1 Å². The number of alkyl halides is 3. The third-order valence-corrected chi connectivity index (χ3v) is 5.37. The van der Waals surface area contributed by atoms with Gasteiger partial charge in [0.15, 0.2) is 11.5 Å². The molecule has 0 saturated carbocycles. The summed E-state index contributed by atoms with van der Waals surface area (Å²) in [6, 6.07) is 0.901. The molecule has 2 N–H and O–H groups in total. The maximum Gasteiger partial charge on any atom is 0.405 e. The second-order valence-electron chi connectivity index (χ2n) is 7.80. The lowest BCUT2D eigenvalue weighted by atomic mass is 10.2. The highest BCUT2D eigenvalue weighted by Crippen LogP contribution is 2.29. The van der Waals surface area contributed by atoms with Crippen LogP contribution in [0.25, 0.3) is 33.6 Å². The zero-order valence-electron chi connectivity index (χ0n) is 17.9. The van der Waals surface area contributed by atoms with Crippen molar-refractivity contribution >= 4 is 44.0 Å². The van der Waals surface area contributed by atoms with Gasteiger partial charge in [-0.15, -0.1) is 0 Å². The van der Waals surface area contributed by atoms with Gasteiger partial charge in [-0.05, 0) is 43.0 Å². The Morgan fingerprint density at radius 3 is 2.73 bits per heavy atom. The van der Waals surface area contributed by atoms with Crippen molar-refractivity contribution < 1.29 is 18.0 Å². The lowest BCUT2D eigenvalue weighted by Gasteiger charge is -2.19. The van der Waals surface area contributed by atoms with Gasteiger partial charge in [0.2, 0.25) is 5.91 Å². The summed E-state index contributed by atoms with van der Waals surface area (Å²) in [5.74, 6) is 0.0700. The van der Waals surface area contributed by atoms with Crippen molar-refractivity contribution in [3.8, 4) is 11.4 Å². The largest absolute Gasteiger partial charge is 0.405 e. The SMILES string of the molecule is CC(C(=O)NCC(F)(F)F)n1c(CN(C)C)nc2cnc(-c3c[nH]c4ncc(Br)cc34)nc21. The number of aromatic amines is 1. The topological polar surface area (TPSA) is 105 Å². The van der Waals surface area contributed by atoms with Gasteiger partial charge in [0.05, 0.1) is 12.7 Å². The quantitative estimate of drug-likeness (QED) is 0.400. The second kappa shape index (κ2) is 8.71. The molecule has 33 heavy (non-hydrogen) atoms. The minimum Gasteiger partial charge on any atom is -0.345 e. The van der Waals surface area contributed by atoms with E-state index in [0.29, 0.717) is 40.6 Å². The molecule has 0 aliphatic heterocycles. The van der Waals surface area contributed by atoms with Gasteiger partial charge < -0.3 is 15.2 Å². The number of hydrogen-bond donors (Lipinski definition) is 2. The van der Waals surface area contributed by atoms with Gasteiger partial charge in [-0.1, -0.05) is 0 Å². The smallest absolute Gasteiger partial charge is 0.345 e. The van der Waals surface area contributed by atoms with Gasteiger partial charge >= 0.3 is 6.18 Å². The molecule has 9 nitrogen and oxygen atoms in total. The number of aromatic nitrogens is 6. The summed E-state index contributed by atoms with van der Waals surface area (Å²) in [6.07, 6.45) is 0.423. The maximum absolute atomic E-state index is 12.6. The van der Waals surface area contributed by atoms with Gasteiger partial charge in [-0.2, -0.15) is 13.2 Å². The number of imidazole rings is 1. The monoisotopic (exact) mass is 524 g/mol. The summed E-state index contributed by atoms with van der Waals surface area (Å²) in [5.41, 5.74) is 2.13. The van der Waals surface area contributed by atoms with Gasteiger partial charge in [-0.3, -0.25) is 9.36 Å². The molecule has 0 aliphatic rings. The van der Waals surface area contributed by atoms with E-state index in [9.17, 15) is 18.0 Å². The summed E-state index contributed by atoms with van der Waals surface area (Å²) in [6.45, 7) is 0.455. The lowest BCUT2D eigenvalue weighted by molar-refractivity contribution is -0.140. The summed E-state index contributed by atoms with van der Waals surface area (Å²) >= 11 is 3.40. The first-order valence-electron chi connectivity index (χ1n) is 9.89. The van der Waals surface area contributed by atoms with E-state index >= 15 is 0 Å². The zero-order chi connectivity index (χ0) is 23.9. The Morgan fingerprint density at radius 1 is 1.27 bits per heavy atom. The van der Waals surface area contributed by atoms with E-state index in [1.54, 1.807) is 17.0 Å². The predicted octanol–water partition coefficient (Wildman–Crippen LogP) is 3.43. The number of rotatable bonds is 6. The number of H-pyrrole nitrogens is 1. The molecule has 174 valence electrons. The molecule has 1 unspecified atom stereocenters. The molecule has 0 aliphatic carbocycles. The third-order valence-electron chi connectivity index (χ3n) is 4.93. The first kappa shape index (κ1) is 23.1. The molecule has 0 fully saturated rings. The van der Waals surface area contributed by atoms with E-state index in [0.717, 1.165) is 9.86 Å². The molecule has 4 aromatic rings. The predicted molar refractivity (Wildman–Crippen MR) is 119 cm³/mol. The number of carbonyl (C=O) groups excluding carboxylic acids is 1. The Hall–Kier alpha value is -3.06. The minimum absolute atomic E-state index is 0.351. The Bertz CT molecular complexity index is 1330. The number of amides is 1. The molecule has 0 spiro atoms. The van der Waals surface area contributed by atoms with E-state index in [1.165, 1.54) is 13.1 Å². The van der Waals surface area contributed by atoms with Crippen molar-refractivity contribution in [1.29, 1.82) is 0 Å². The Labute approximate surface area is 194 Å². The van der Waals surface area contributed by atoms with Crippen LogP contribution in [0.3, 0.4) is 0 Å². The fourth-order valence-corrected chi connectivity index (χ4v) is 3.82. The zero-order valence-corrected chi connectivity index (χ0v) is 19.5. The highest BCUT2D eigenvalue weighted by molar-refractivity contribution is 9.10. The summed E-state index contributed by atoms with van der Waals surface area (Å²) in [7, 11) is 3.65. The molecule has 1 atom stereocenters. The Balaban J connectivity index is 1.81. The van der Waals surface area contributed by atoms with Crippen LogP contribution in [0.5, 0.6) is 0 Å². The van der Waals surface area contributed by atoms with Crippen LogP contribution in [0, 0.1) is 0 Å². The molecule has 0 aromatic carbocycles. The van der Waals surface area contributed by atoms with Crippen LogP contribution < -0.4 is 5.32 Å². The van der Waals surface area contributed by atoms with Gasteiger partial charge in [0, 0.05) is 27.8 Å². The summed E-state index contributed by atoms with van der Waals surface area (Å²) < 4.78 is 40.2. The number of nitrogens with zero attached hydrogens (tertiary/aromatic N) is 6. The van der Waals surface area contributed by atoms with Crippen molar-refractivity contribution in [1.82, 2.24) is 39.7 Å². The van der Waals surface area contributed by atoms with Gasteiger partial charge in [0.1, 0.15) is 29.6 Å². The fraction of sp³-hybridized carbons (Fsp3) is 0.350. The maximum atomic E-state index is 12.6. The molecule has 0 radical (unpaired) electrons. The molecule has 0 bridgehead atoms. The van der Waals surface area contributed by atoms with Gasteiger partial charge in [0.25, 0.3) is 0 Å². The van der Waals surface area contributed by atoms with Crippen molar-refractivity contribution in [2.45, 2.75) is 25.7 Å². The summed E-state index contributed by atoms with van der Waals surface area (Å²) in [5, 5.41) is 2.73. The van der Waals surface area contributed by atoms with Crippen LogP contribution in [-0.4, -0.2) is 67.1 Å². The molecular weight excluding hydrogens is 505 g/mol. The molecule has 1 amide bonds. The van der Waals surface area contributed by atoms with Crippen LogP contribution >= 0.6 is 15.9 Å². The van der Waals surface area contributed by atoms with Gasteiger partial charge in [-0.25, -0.2) is 19.9 Å². The van der Waals surface area contributed by atoms with Crippen LogP contribution in [0.2, 0.25) is 0 Å². The Kier molecular flexibility index (Phi) is 6.10. The number of carbonyl (C=O) groups is 1. The average Bonchev–Trinajstić information content (AvgIpc) is 3.30. The molecule has 0 saturated heterocycles. The van der Waals surface area contributed by atoms with E-state index in [2.05, 4.69) is 40.8 Å². The second-order valence-corrected chi connectivity index (χ2v) is 8.71. The van der Waals surface area contributed by atoms with E-state index in [1.807, 2.05) is 30.4 Å². The van der Waals surface area contributed by atoms with Crippen molar-refractivity contribution in [2.75, 3.05) is 20.6 Å². The number of pyridine rings is 1. The molecular formula is C20H20BrF3N8O.